The smallest absolute Gasteiger partial charge is 0.258 e. The highest BCUT2D eigenvalue weighted by atomic mass is 79.9. The van der Waals surface area contributed by atoms with Crippen LogP contribution in [0.25, 0.3) is 0 Å². The van der Waals surface area contributed by atoms with Crippen LogP contribution in [0.2, 0.25) is 0 Å². The van der Waals surface area contributed by atoms with Gasteiger partial charge in [0.25, 0.3) is 5.91 Å². The van der Waals surface area contributed by atoms with Gasteiger partial charge in [-0.25, -0.2) is 4.98 Å². The molecule has 0 saturated carbocycles. The Hall–Kier alpha value is -1.31. The largest absolute Gasteiger partial charge is 0.317 e. The SMILES string of the molecule is O=C(Nc1ncc(C2CCNCC2)s1)c1ccncc1Br. The number of hydrogen-bond acceptors (Lipinski definition) is 5. The standard InChI is InChI=1S/C14H15BrN4OS/c15-11-7-17-6-3-10(11)13(20)19-14-18-8-12(21-14)9-1-4-16-5-2-9/h3,6-9,16H,1-2,4-5H2,(H,18,19,20). The minimum absolute atomic E-state index is 0.171. The Labute approximate surface area is 135 Å². The second kappa shape index (κ2) is 6.64. The fourth-order valence-electron chi connectivity index (χ4n) is 2.36. The van der Waals surface area contributed by atoms with Gasteiger partial charge in [0, 0.05) is 27.9 Å². The lowest BCUT2D eigenvalue weighted by Gasteiger charge is -2.20. The third kappa shape index (κ3) is 3.48. The lowest BCUT2D eigenvalue weighted by Crippen LogP contribution is -2.26. The van der Waals surface area contributed by atoms with Crippen molar-refractivity contribution in [2.24, 2.45) is 0 Å². The van der Waals surface area contributed by atoms with E-state index in [9.17, 15) is 4.79 Å². The Morgan fingerprint density at radius 2 is 2.19 bits per heavy atom. The molecule has 1 aliphatic rings. The van der Waals surface area contributed by atoms with Crippen molar-refractivity contribution >= 4 is 38.3 Å². The maximum atomic E-state index is 12.2. The third-order valence-corrected chi connectivity index (χ3v) is 5.21. The van der Waals surface area contributed by atoms with Crippen molar-refractivity contribution in [2.45, 2.75) is 18.8 Å². The number of amides is 1. The molecular weight excluding hydrogens is 352 g/mol. The molecule has 110 valence electrons. The summed E-state index contributed by atoms with van der Waals surface area (Å²) in [4.78, 5) is 21.7. The number of carbonyl (C=O) groups is 1. The maximum Gasteiger partial charge on any atom is 0.258 e. The number of hydrogen-bond donors (Lipinski definition) is 2. The minimum atomic E-state index is -0.171. The van der Waals surface area contributed by atoms with Gasteiger partial charge in [0.05, 0.1) is 5.56 Å². The highest BCUT2D eigenvalue weighted by Crippen LogP contribution is 2.32. The van der Waals surface area contributed by atoms with Crippen LogP contribution in [0.4, 0.5) is 5.13 Å². The fourth-order valence-corrected chi connectivity index (χ4v) is 3.77. The number of nitrogens with one attached hydrogen (secondary N) is 2. The zero-order valence-electron chi connectivity index (χ0n) is 11.3. The van der Waals surface area contributed by atoms with E-state index in [4.69, 9.17) is 0 Å². The van der Waals surface area contributed by atoms with E-state index >= 15 is 0 Å². The van der Waals surface area contributed by atoms with Crippen LogP contribution in [0.1, 0.15) is 34.0 Å². The summed E-state index contributed by atoms with van der Waals surface area (Å²) in [6, 6.07) is 1.68. The predicted molar refractivity (Wildman–Crippen MR) is 86.8 cm³/mol. The van der Waals surface area contributed by atoms with Crippen LogP contribution in [0.15, 0.2) is 29.1 Å². The van der Waals surface area contributed by atoms with Gasteiger partial charge >= 0.3 is 0 Å². The van der Waals surface area contributed by atoms with E-state index in [0.717, 1.165) is 25.9 Å². The normalized spacial score (nSPS) is 15.9. The summed E-state index contributed by atoms with van der Waals surface area (Å²) < 4.78 is 0.678. The zero-order chi connectivity index (χ0) is 14.7. The predicted octanol–water partition coefficient (Wildman–Crippen LogP) is 3.02. The number of nitrogens with zero attached hydrogens (tertiary/aromatic N) is 2. The molecule has 7 heteroatoms. The molecule has 0 aromatic carbocycles. The first kappa shape index (κ1) is 14.6. The summed E-state index contributed by atoms with van der Waals surface area (Å²) in [7, 11) is 0. The molecule has 2 N–H and O–H groups in total. The number of thiazole rings is 1. The van der Waals surface area contributed by atoms with E-state index in [-0.39, 0.29) is 5.91 Å². The van der Waals surface area contributed by atoms with Gasteiger partial charge in [0.2, 0.25) is 0 Å². The number of piperidine rings is 1. The molecule has 2 aromatic rings. The lowest BCUT2D eigenvalue weighted by atomic mass is 9.97. The first-order chi connectivity index (χ1) is 10.2. The number of pyridine rings is 1. The molecule has 0 aliphatic carbocycles. The van der Waals surface area contributed by atoms with E-state index in [2.05, 4.69) is 36.5 Å². The molecule has 5 nitrogen and oxygen atoms in total. The molecular formula is C14H15BrN4OS. The second-order valence-electron chi connectivity index (χ2n) is 4.90. The number of aromatic nitrogens is 2. The van der Waals surface area contributed by atoms with Crippen LogP contribution in [-0.4, -0.2) is 29.0 Å². The third-order valence-electron chi connectivity index (χ3n) is 3.50. The average molecular weight is 367 g/mol. The lowest BCUT2D eigenvalue weighted by molar-refractivity contribution is 0.102. The van der Waals surface area contributed by atoms with Gasteiger partial charge in [0.15, 0.2) is 5.13 Å². The van der Waals surface area contributed by atoms with E-state index in [1.54, 1.807) is 29.8 Å². The van der Waals surface area contributed by atoms with Crippen LogP contribution in [0.5, 0.6) is 0 Å². The summed E-state index contributed by atoms with van der Waals surface area (Å²) in [5.41, 5.74) is 0.559. The molecule has 21 heavy (non-hydrogen) atoms. The number of rotatable bonds is 3. The van der Waals surface area contributed by atoms with Crippen LogP contribution in [-0.2, 0) is 0 Å². The molecule has 1 fully saturated rings. The number of halogens is 1. The van der Waals surface area contributed by atoms with E-state index in [1.807, 2.05) is 6.20 Å². The van der Waals surface area contributed by atoms with Crippen molar-refractivity contribution in [3.05, 3.63) is 39.6 Å². The van der Waals surface area contributed by atoms with Crippen LogP contribution in [0, 0.1) is 0 Å². The second-order valence-corrected chi connectivity index (χ2v) is 6.82. The molecule has 3 heterocycles. The Kier molecular flexibility index (Phi) is 4.62. The molecule has 1 saturated heterocycles. The van der Waals surface area contributed by atoms with E-state index < -0.39 is 0 Å². The summed E-state index contributed by atoms with van der Waals surface area (Å²) >= 11 is 4.90. The van der Waals surface area contributed by atoms with E-state index in [1.165, 1.54) is 4.88 Å². The molecule has 0 atom stereocenters. The highest BCUT2D eigenvalue weighted by molar-refractivity contribution is 9.10. The van der Waals surface area contributed by atoms with Gasteiger partial charge in [-0.3, -0.25) is 15.1 Å². The fraction of sp³-hybridized carbons (Fsp3) is 0.357. The highest BCUT2D eigenvalue weighted by Gasteiger charge is 2.19. The molecule has 1 aliphatic heterocycles. The minimum Gasteiger partial charge on any atom is -0.317 e. The van der Waals surface area contributed by atoms with Gasteiger partial charge < -0.3 is 5.32 Å². The average Bonchev–Trinajstić information content (AvgIpc) is 2.97. The van der Waals surface area contributed by atoms with Crippen molar-refractivity contribution in [2.75, 3.05) is 18.4 Å². The summed E-state index contributed by atoms with van der Waals surface area (Å²) in [5, 5.41) is 6.86. The van der Waals surface area contributed by atoms with Crippen LogP contribution >= 0.6 is 27.3 Å². The maximum absolute atomic E-state index is 12.2. The van der Waals surface area contributed by atoms with Crippen molar-refractivity contribution in [3.8, 4) is 0 Å². The Morgan fingerprint density at radius 3 is 2.95 bits per heavy atom. The van der Waals surface area contributed by atoms with Crippen LogP contribution < -0.4 is 10.6 Å². The Balaban J connectivity index is 1.69. The zero-order valence-corrected chi connectivity index (χ0v) is 13.7. The van der Waals surface area contributed by atoms with Gasteiger partial charge in [-0.15, -0.1) is 11.3 Å². The van der Waals surface area contributed by atoms with Crippen molar-refractivity contribution < 1.29 is 4.79 Å². The van der Waals surface area contributed by atoms with Crippen molar-refractivity contribution in [1.82, 2.24) is 15.3 Å². The van der Waals surface area contributed by atoms with Gasteiger partial charge in [-0.2, -0.15) is 0 Å². The van der Waals surface area contributed by atoms with Gasteiger partial charge in [-0.05, 0) is 53.8 Å². The molecule has 0 unspecified atom stereocenters. The molecule has 0 bridgehead atoms. The Morgan fingerprint density at radius 1 is 1.38 bits per heavy atom. The summed E-state index contributed by atoms with van der Waals surface area (Å²) in [6.07, 6.45) is 7.36. The van der Waals surface area contributed by atoms with Gasteiger partial charge in [-0.1, -0.05) is 0 Å². The monoisotopic (exact) mass is 366 g/mol. The number of carbonyl (C=O) groups excluding carboxylic acids is 1. The van der Waals surface area contributed by atoms with Crippen LogP contribution in [0.3, 0.4) is 0 Å². The molecule has 1 amide bonds. The molecule has 2 aromatic heterocycles. The number of anilines is 1. The first-order valence-electron chi connectivity index (χ1n) is 6.81. The van der Waals surface area contributed by atoms with Crippen molar-refractivity contribution in [1.29, 1.82) is 0 Å². The molecule has 3 rings (SSSR count). The first-order valence-corrected chi connectivity index (χ1v) is 8.42. The Bertz CT molecular complexity index is 639. The van der Waals surface area contributed by atoms with Gasteiger partial charge in [0.1, 0.15) is 0 Å². The topological polar surface area (TPSA) is 66.9 Å². The van der Waals surface area contributed by atoms with E-state index in [0.29, 0.717) is 21.1 Å². The van der Waals surface area contributed by atoms with Crippen molar-refractivity contribution in [3.63, 3.8) is 0 Å². The molecule has 0 radical (unpaired) electrons. The summed E-state index contributed by atoms with van der Waals surface area (Å²) in [5.74, 6) is 0.387. The molecule has 0 spiro atoms. The summed E-state index contributed by atoms with van der Waals surface area (Å²) in [6.45, 7) is 2.10. The quantitative estimate of drug-likeness (QED) is 0.875.